The number of fused-ring (bicyclic) bond motifs is 2. The van der Waals surface area contributed by atoms with E-state index in [0.717, 1.165) is 25.8 Å². The van der Waals surface area contributed by atoms with Crippen LogP contribution in [-0.4, -0.2) is 49.6 Å². The van der Waals surface area contributed by atoms with Gasteiger partial charge in [-0.2, -0.15) is 0 Å². The largest absolute Gasteiger partial charge is 0.482 e. The Morgan fingerprint density at radius 1 is 1.23 bits per heavy atom. The van der Waals surface area contributed by atoms with Gasteiger partial charge in [0.05, 0.1) is 15.8 Å². The van der Waals surface area contributed by atoms with Gasteiger partial charge in [0.15, 0.2) is 16.4 Å². The minimum atomic E-state index is -3.72. The minimum Gasteiger partial charge on any atom is -0.482 e. The van der Waals surface area contributed by atoms with Gasteiger partial charge in [0.2, 0.25) is 5.91 Å². The van der Waals surface area contributed by atoms with Gasteiger partial charge in [-0.15, -0.1) is 0 Å². The molecular weight excluding hydrogens is 404 g/mol. The van der Waals surface area contributed by atoms with Crippen molar-refractivity contribution < 1.29 is 22.7 Å². The summed E-state index contributed by atoms with van der Waals surface area (Å²) < 4.78 is 32.0. The van der Waals surface area contributed by atoms with Gasteiger partial charge in [-0.1, -0.05) is 12.8 Å². The molecule has 2 fully saturated rings. The summed E-state index contributed by atoms with van der Waals surface area (Å²) >= 11 is 0. The van der Waals surface area contributed by atoms with Gasteiger partial charge >= 0.3 is 0 Å². The van der Waals surface area contributed by atoms with Crippen LogP contribution in [-0.2, 0) is 19.4 Å². The van der Waals surface area contributed by atoms with Crippen molar-refractivity contribution in [1.29, 1.82) is 0 Å². The van der Waals surface area contributed by atoms with Gasteiger partial charge in [-0.05, 0) is 57.1 Å². The summed E-state index contributed by atoms with van der Waals surface area (Å²) in [4.78, 5) is 26.7. The molecule has 1 aromatic carbocycles. The highest BCUT2D eigenvalue weighted by Crippen LogP contribution is 2.37. The number of nitrogens with zero attached hydrogens (tertiary/aromatic N) is 1. The standard InChI is InChI=1S/C22H30N2O5S/c1-14-10-17-19(29-13-21(25)23-17)12-20(14)30(27,28)15(2)11-22(26)24-9-5-7-16-6-3-4-8-18(16)24/h10,12,15-16,18H,3-9,11,13H2,1-2H3,(H,23,25)/t15-,16+,18+/m1/s1. The molecule has 1 N–H and O–H groups in total. The monoisotopic (exact) mass is 434 g/mol. The summed E-state index contributed by atoms with van der Waals surface area (Å²) in [6, 6.07) is 3.36. The van der Waals surface area contributed by atoms with Crippen molar-refractivity contribution >= 4 is 27.3 Å². The molecule has 30 heavy (non-hydrogen) atoms. The first kappa shape index (κ1) is 21.2. The van der Waals surface area contributed by atoms with Crippen molar-refractivity contribution in [2.75, 3.05) is 18.5 Å². The number of piperidine rings is 1. The van der Waals surface area contributed by atoms with Gasteiger partial charge < -0.3 is 15.0 Å². The van der Waals surface area contributed by atoms with Crippen LogP contribution in [0.4, 0.5) is 5.69 Å². The number of anilines is 1. The Morgan fingerprint density at radius 3 is 2.77 bits per heavy atom. The van der Waals surface area contributed by atoms with Gasteiger partial charge in [0.25, 0.3) is 5.91 Å². The van der Waals surface area contributed by atoms with E-state index in [0.29, 0.717) is 22.9 Å². The minimum absolute atomic E-state index is 0.0142. The molecule has 3 atom stereocenters. The third-order valence-corrected chi connectivity index (χ3v) is 9.05. The fraction of sp³-hybridized carbons (Fsp3) is 0.636. The topological polar surface area (TPSA) is 92.8 Å². The van der Waals surface area contributed by atoms with E-state index in [1.165, 1.54) is 25.3 Å². The second-order valence-corrected chi connectivity index (χ2v) is 11.2. The fourth-order valence-corrected chi connectivity index (χ4v) is 6.72. The number of ether oxygens (including phenoxy) is 1. The lowest BCUT2D eigenvalue weighted by Crippen LogP contribution is -2.50. The molecule has 0 bridgehead atoms. The van der Waals surface area contributed by atoms with E-state index in [9.17, 15) is 18.0 Å². The van der Waals surface area contributed by atoms with Crippen molar-refractivity contribution in [2.24, 2.45) is 5.92 Å². The number of carbonyl (C=O) groups excluding carboxylic acids is 2. The molecule has 3 aliphatic rings. The lowest BCUT2D eigenvalue weighted by atomic mass is 9.78. The van der Waals surface area contributed by atoms with Crippen LogP contribution in [0.15, 0.2) is 17.0 Å². The summed E-state index contributed by atoms with van der Waals surface area (Å²) in [7, 11) is -3.72. The van der Waals surface area contributed by atoms with E-state index in [-0.39, 0.29) is 35.8 Å². The molecule has 1 saturated carbocycles. The lowest BCUT2D eigenvalue weighted by molar-refractivity contribution is -0.137. The maximum Gasteiger partial charge on any atom is 0.262 e. The zero-order valence-corrected chi connectivity index (χ0v) is 18.5. The molecule has 164 valence electrons. The van der Waals surface area contributed by atoms with Gasteiger partial charge in [0, 0.05) is 25.1 Å². The van der Waals surface area contributed by atoms with E-state index in [1.54, 1.807) is 19.9 Å². The highest BCUT2D eigenvalue weighted by Gasteiger charge is 2.37. The smallest absolute Gasteiger partial charge is 0.262 e. The van der Waals surface area contributed by atoms with Crippen molar-refractivity contribution in [2.45, 2.75) is 75.0 Å². The molecule has 1 aromatic rings. The van der Waals surface area contributed by atoms with Crippen LogP contribution in [0.25, 0.3) is 0 Å². The van der Waals surface area contributed by atoms with E-state index in [2.05, 4.69) is 5.32 Å². The highest BCUT2D eigenvalue weighted by atomic mass is 32.2. The quantitative estimate of drug-likeness (QED) is 0.786. The predicted octanol–water partition coefficient (Wildman–Crippen LogP) is 3.06. The number of likely N-dealkylation sites (tertiary alicyclic amines) is 1. The van der Waals surface area contributed by atoms with E-state index in [4.69, 9.17) is 4.74 Å². The Kier molecular flexibility index (Phi) is 5.79. The first-order chi connectivity index (χ1) is 14.3. The maximum atomic E-state index is 13.3. The number of hydrogen-bond acceptors (Lipinski definition) is 5. The molecule has 2 aliphatic heterocycles. The number of hydrogen-bond donors (Lipinski definition) is 1. The average molecular weight is 435 g/mol. The van der Waals surface area contributed by atoms with E-state index >= 15 is 0 Å². The summed E-state index contributed by atoms with van der Waals surface area (Å²) in [5, 5.41) is 1.86. The SMILES string of the molecule is Cc1cc2c(cc1S(=O)(=O)[C@H](C)CC(=O)N1CCC[C@@H]3CCCC[C@@H]31)OCC(=O)N2. The van der Waals surface area contributed by atoms with Gasteiger partial charge in [-0.25, -0.2) is 8.42 Å². The zero-order chi connectivity index (χ0) is 21.5. The number of amides is 2. The Bertz CT molecular complexity index is 957. The lowest BCUT2D eigenvalue weighted by Gasteiger charge is -2.44. The molecule has 2 heterocycles. The molecular formula is C22H30N2O5S. The van der Waals surface area contributed by atoms with Crippen LogP contribution in [0.1, 0.15) is 57.4 Å². The van der Waals surface area contributed by atoms with Crippen LogP contribution in [0.5, 0.6) is 5.75 Å². The Balaban J connectivity index is 1.52. The van der Waals surface area contributed by atoms with Crippen LogP contribution in [0.2, 0.25) is 0 Å². The second kappa shape index (κ2) is 8.21. The molecule has 1 saturated heterocycles. The number of rotatable bonds is 4. The molecule has 8 heteroatoms. The Hall–Kier alpha value is -2.09. The van der Waals surface area contributed by atoms with E-state index in [1.807, 2.05) is 4.90 Å². The highest BCUT2D eigenvalue weighted by molar-refractivity contribution is 7.92. The molecule has 1 aliphatic carbocycles. The van der Waals surface area contributed by atoms with Crippen molar-refractivity contribution in [3.8, 4) is 5.75 Å². The number of aryl methyl sites for hydroxylation is 1. The Labute approximate surface area is 178 Å². The summed E-state index contributed by atoms with van der Waals surface area (Å²) in [6.07, 6.45) is 6.74. The van der Waals surface area contributed by atoms with Crippen molar-refractivity contribution in [3.63, 3.8) is 0 Å². The van der Waals surface area contributed by atoms with Crippen LogP contribution in [0.3, 0.4) is 0 Å². The predicted molar refractivity (Wildman–Crippen MR) is 113 cm³/mol. The van der Waals surface area contributed by atoms with Crippen molar-refractivity contribution in [3.05, 3.63) is 17.7 Å². The van der Waals surface area contributed by atoms with Crippen LogP contribution >= 0.6 is 0 Å². The molecule has 0 spiro atoms. The van der Waals surface area contributed by atoms with E-state index < -0.39 is 15.1 Å². The Morgan fingerprint density at radius 2 is 1.97 bits per heavy atom. The third-order valence-electron chi connectivity index (χ3n) is 6.77. The molecule has 0 radical (unpaired) electrons. The number of nitrogens with one attached hydrogen (secondary N) is 1. The normalized spacial score (nSPS) is 24.9. The maximum absolute atomic E-state index is 13.3. The fourth-order valence-electron chi connectivity index (χ4n) is 5.15. The second-order valence-electron chi connectivity index (χ2n) is 8.85. The number of sulfone groups is 1. The van der Waals surface area contributed by atoms with Gasteiger partial charge in [0.1, 0.15) is 5.75 Å². The molecule has 0 unspecified atom stereocenters. The summed E-state index contributed by atoms with van der Waals surface area (Å²) in [5.74, 6) is 0.595. The molecule has 2 amide bonds. The first-order valence-corrected chi connectivity index (χ1v) is 12.4. The summed E-state index contributed by atoms with van der Waals surface area (Å²) in [5.41, 5.74) is 1.01. The average Bonchev–Trinajstić information content (AvgIpc) is 2.72. The van der Waals surface area contributed by atoms with Gasteiger partial charge in [-0.3, -0.25) is 9.59 Å². The zero-order valence-electron chi connectivity index (χ0n) is 17.6. The molecule has 0 aromatic heterocycles. The molecule has 4 rings (SSSR count). The third kappa shape index (κ3) is 3.94. The van der Waals surface area contributed by atoms with Crippen LogP contribution < -0.4 is 10.1 Å². The molecule has 7 nitrogen and oxygen atoms in total. The van der Waals surface area contributed by atoms with Crippen molar-refractivity contribution in [1.82, 2.24) is 4.90 Å². The van der Waals surface area contributed by atoms with Crippen LogP contribution in [0, 0.1) is 12.8 Å². The summed E-state index contributed by atoms with van der Waals surface area (Å²) in [6.45, 7) is 3.90. The number of benzene rings is 1. The first-order valence-electron chi connectivity index (χ1n) is 10.9. The number of carbonyl (C=O) groups is 2.